The molecule has 0 amide bonds. The molecule has 0 radical (unpaired) electrons. The highest BCUT2D eigenvalue weighted by atomic mass is 15.2. The average molecular weight is 933 g/mol. The van der Waals surface area contributed by atoms with Gasteiger partial charge in [-0.1, -0.05) is 196 Å². The van der Waals surface area contributed by atoms with E-state index in [4.69, 9.17) is 0 Å². The van der Waals surface area contributed by atoms with E-state index < -0.39 is 0 Å². The van der Waals surface area contributed by atoms with Crippen LogP contribution in [0.2, 0.25) is 0 Å². The standard InChI is InChI=1S/C69H65BN2/c1-42-38-61-65-62(39-42)72(48-34-28-44(29-35-48)50-21-17-25-56-64(50)52-19-13-15-23-54(52)69(56,10)11)60-37-31-46(67(5,6)7)41-58(60)70(65)57-40-45(66(2,3)4)30-36-59(57)71(61)47-32-26-43(27-33-47)49-20-16-24-55-63(49)51-18-12-14-22-53(51)68(55,8)9/h12-16,18-24,26-41H,17,25H2,1-11H3. The monoisotopic (exact) mass is 933 g/mol. The van der Waals surface area contributed by atoms with E-state index >= 15 is 0 Å². The van der Waals surface area contributed by atoms with E-state index in [2.05, 4.69) is 256 Å². The maximum atomic E-state index is 2.58. The summed E-state index contributed by atoms with van der Waals surface area (Å²) in [5, 5.41) is 0. The van der Waals surface area contributed by atoms with Gasteiger partial charge in [0.15, 0.2) is 0 Å². The Morgan fingerprint density at radius 1 is 0.472 bits per heavy atom. The second-order valence-electron chi connectivity index (χ2n) is 24.5. The fourth-order valence-electron chi connectivity index (χ4n) is 13.6. The van der Waals surface area contributed by atoms with Crippen LogP contribution in [0, 0.1) is 6.92 Å². The van der Waals surface area contributed by atoms with Crippen molar-refractivity contribution in [3.8, 4) is 22.3 Å². The molecule has 2 nitrogen and oxygen atoms in total. The van der Waals surface area contributed by atoms with Crippen LogP contribution >= 0.6 is 0 Å². The molecule has 0 N–H and O–H groups in total. The number of rotatable bonds is 4. The lowest BCUT2D eigenvalue weighted by molar-refractivity contribution is 0.590. The summed E-state index contributed by atoms with van der Waals surface area (Å²) < 4.78 is 0. The summed E-state index contributed by atoms with van der Waals surface area (Å²) in [6.45, 7) is 26.0. The highest BCUT2D eigenvalue weighted by Gasteiger charge is 2.45. The highest BCUT2D eigenvalue weighted by molar-refractivity contribution is 7.00. The number of anilines is 6. The van der Waals surface area contributed by atoms with Crippen molar-refractivity contribution < 1.29 is 0 Å². The summed E-state index contributed by atoms with van der Waals surface area (Å²) in [5.74, 6) is 0. The van der Waals surface area contributed by atoms with E-state index in [0.29, 0.717) is 0 Å². The molecule has 0 fully saturated rings. The smallest absolute Gasteiger partial charge is 0.252 e. The molecule has 3 heteroatoms. The number of allylic oxidation sites excluding steroid dienone is 4. The molecule has 8 aromatic rings. The first-order valence-electron chi connectivity index (χ1n) is 26.4. The van der Waals surface area contributed by atoms with Crippen molar-refractivity contribution in [3.05, 3.63) is 220 Å². The van der Waals surface area contributed by atoms with Crippen molar-refractivity contribution in [1.82, 2.24) is 0 Å². The number of benzene rings is 8. The van der Waals surface area contributed by atoms with Gasteiger partial charge in [0.2, 0.25) is 0 Å². The van der Waals surface area contributed by atoms with Gasteiger partial charge in [0, 0.05) is 45.0 Å². The van der Waals surface area contributed by atoms with Crippen LogP contribution in [0.5, 0.6) is 0 Å². The van der Waals surface area contributed by atoms with Gasteiger partial charge in [-0.3, -0.25) is 0 Å². The fourth-order valence-corrected chi connectivity index (χ4v) is 13.6. The maximum absolute atomic E-state index is 2.58. The van der Waals surface area contributed by atoms with E-state index in [1.54, 1.807) is 5.57 Å². The molecule has 0 saturated heterocycles. The second-order valence-corrected chi connectivity index (χ2v) is 24.5. The van der Waals surface area contributed by atoms with Crippen LogP contribution in [-0.2, 0) is 21.7 Å². The third-order valence-corrected chi connectivity index (χ3v) is 17.4. The van der Waals surface area contributed by atoms with Gasteiger partial charge in [0.25, 0.3) is 6.71 Å². The Labute approximate surface area is 428 Å². The van der Waals surface area contributed by atoms with Gasteiger partial charge in [-0.25, -0.2) is 0 Å². The Morgan fingerprint density at radius 3 is 1.54 bits per heavy atom. The largest absolute Gasteiger partial charge is 0.311 e. The van der Waals surface area contributed by atoms with Crippen molar-refractivity contribution in [1.29, 1.82) is 0 Å². The van der Waals surface area contributed by atoms with Gasteiger partial charge in [-0.05, 0) is 173 Å². The third kappa shape index (κ3) is 6.48. The van der Waals surface area contributed by atoms with Crippen LogP contribution in [0.4, 0.5) is 34.1 Å². The number of aryl methyl sites for hydroxylation is 1. The van der Waals surface area contributed by atoms with Gasteiger partial charge < -0.3 is 9.80 Å². The zero-order valence-electron chi connectivity index (χ0n) is 44.1. The quantitative estimate of drug-likeness (QED) is 0.162. The lowest BCUT2D eigenvalue weighted by Crippen LogP contribution is -2.61. The summed E-state index contributed by atoms with van der Waals surface area (Å²) >= 11 is 0. The summed E-state index contributed by atoms with van der Waals surface area (Å²) in [7, 11) is 0. The molecule has 2 aliphatic heterocycles. The molecule has 13 rings (SSSR count). The van der Waals surface area contributed by atoms with Crippen LogP contribution in [-0.4, -0.2) is 6.71 Å². The predicted molar refractivity (Wildman–Crippen MR) is 309 cm³/mol. The van der Waals surface area contributed by atoms with Crippen molar-refractivity contribution in [3.63, 3.8) is 0 Å². The third-order valence-electron chi connectivity index (χ3n) is 17.4. The van der Waals surface area contributed by atoms with Crippen LogP contribution in [0.3, 0.4) is 0 Å². The van der Waals surface area contributed by atoms with Crippen molar-refractivity contribution in [2.24, 2.45) is 0 Å². The fraction of sp³-hybridized carbons (Fsp3) is 0.246. The normalized spacial score (nSPS) is 16.6. The van der Waals surface area contributed by atoms with Crippen molar-refractivity contribution >= 4 is 68.4 Å². The summed E-state index contributed by atoms with van der Waals surface area (Å²) in [4.78, 5) is 5.15. The molecule has 0 unspecified atom stereocenters. The van der Waals surface area contributed by atoms with E-state index in [9.17, 15) is 0 Å². The molecular formula is C69H65BN2. The Morgan fingerprint density at radius 2 is 0.972 bits per heavy atom. The minimum absolute atomic E-state index is 0.0260. The van der Waals surface area contributed by atoms with Gasteiger partial charge in [-0.15, -0.1) is 0 Å². The van der Waals surface area contributed by atoms with E-state index in [0.717, 1.165) is 12.8 Å². The minimum atomic E-state index is -0.0526. The lowest BCUT2D eigenvalue weighted by Gasteiger charge is -2.45. The van der Waals surface area contributed by atoms with Gasteiger partial charge in [0.05, 0.1) is 0 Å². The maximum Gasteiger partial charge on any atom is 0.252 e. The first-order valence-corrected chi connectivity index (χ1v) is 26.4. The van der Waals surface area contributed by atoms with Crippen LogP contribution in [0.25, 0.3) is 33.4 Å². The van der Waals surface area contributed by atoms with Gasteiger partial charge in [0.1, 0.15) is 0 Å². The molecule has 354 valence electrons. The number of hydrogen-bond donors (Lipinski definition) is 0. The van der Waals surface area contributed by atoms with Crippen LogP contribution in [0.1, 0.15) is 127 Å². The predicted octanol–water partition coefficient (Wildman–Crippen LogP) is 16.6. The Kier molecular flexibility index (Phi) is 9.62. The minimum Gasteiger partial charge on any atom is -0.311 e. The van der Waals surface area contributed by atoms with Crippen LogP contribution in [0.15, 0.2) is 175 Å². The number of nitrogens with zero attached hydrogens (tertiary/aromatic N) is 2. The number of hydrogen-bond acceptors (Lipinski definition) is 2. The number of fused-ring (bicyclic) bond motifs is 9. The summed E-state index contributed by atoms with van der Waals surface area (Å²) in [6.07, 6.45) is 4.68. The molecule has 5 aliphatic rings. The lowest BCUT2D eigenvalue weighted by atomic mass is 9.33. The molecule has 0 atom stereocenters. The Hall–Kier alpha value is -7.10. The molecule has 8 aromatic carbocycles. The van der Waals surface area contributed by atoms with E-state index in [-0.39, 0.29) is 28.4 Å². The molecule has 72 heavy (non-hydrogen) atoms. The first-order chi connectivity index (χ1) is 34.4. The molecular weight excluding hydrogens is 868 g/mol. The van der Waals surface area contributed by atoms with Gasteiger partial charge >= 0.3 is 0 Å². The highest BCUT2D eigenvalue weighted by Crippen LogP contribution is 2.56. The van der Waals surface area contributed by atoms with Crippen molar-refractivity contribution in [2.75, 3.05) is 9.80 Å². The molecule has 0 spiro atoms. The molecule has 0 aromatic heterocycles. The summed E-state index contributed by atoms with van der Waals surface area (Å²) in [5.41, 5.74) is 31.9. The van der Waals surface area contributed by atoms with E-state index in [1.807, 2.05) is 0 Å². The molecule has 3 aliphatic carbocycles. The topological polar surface area (TPSA) is 6.48 Å². The van der Waals surface area contributed by atoms with Crippen molar-refractivity contribution in [2.45, 2.75) is 111 Å². The Bertz CT molecular complexity index is 3660. The first kappa shape index (κ1) is 44.8. The summed E-state index contributed by atoms with van der Waals surface area (Å²) in [6, 6.07) is 63.6. The SMILES string of the molecule is Cc1cc2c3c(c1)N(c1ccc(-c4cccc5c4-c4ccccc4C5(C)C)cc1)c1ccc(C(C)(C)C)cc1B3c1cc(C(C)(C)C)ccc1N2c1ccc(C2=CCCC3=C2c2ccccc2C3(C)C)cc1. The molecule has 0 bridgehead atoms. The zero-order chi connectivity index (χ0) is 49.8. The molecule has 0 saturated carbocycles. The molecule has 2 heterocycles. The zero-order valence-corrected chi connectivity index (χ0v) is 44.1. The van der Waals surface area contributed by atoms with Gasteiger partial charge in [-0.2, -0.15) is 0 Å². The van der Waals surface area contributed by atoms with Crippen LogP contribution < -0.4 is 26.2 Å². The average Bonchev–Trinajstić information content (AvgIpc) is 3.75. The van der Waals surface area contributed by atoms with E-state index in [1.165, 1.54) is 128 Å². The second kappa shape index (κ2) is 15.5. The Balaban J connectivity index is 0.986.